The van der Waals surface area contributed by atoms with Crippen molar-refractivity contribution in [1.82, 2.24) is 15.5 Å². The molecule has 1 rings (SSSR count). The van der Waals surface area contributed by atoms with E-state index in [2.05, 4.69) is 10.6 Å². The van der Waals surface area contributed by atoms with Gasteiger partial charge in [0.1, 0.15) is 17.7 Å². The Morgan fingerprint density at radius 2 is 1.67 bits per heavy atom. The van der Waals surface area contributed by atoms with Gasteiger partial charge in [-0.3, -0.25) is 9.59 Å². The summed E-state index contributed by atoms with van der Waals surface area (Å²) in [7, 11) is 0. The van der Waals surface area contributed by atoms with Gasteiger partial charge in [-0.2, -0.15) is 0 Å². The Morgan fingerprint density at radius 3 is 2.15 bits per heavy atom. The molecule has 0 bridgehead atoms. The fourth-order valence-electron chi connectivity index (χ4n) is 3.51. The van der Waals surface area contributed by atoms with Crippen molar-refractivity contribution in [3.8, 4) is 0 Å². The average Bonchev–Trinajstić information content (AvgIpc) is 2.74. The summed E-state index contributed by atoms with van der Waals surface area (Å²) in [5, 5.41) is 15.4. The number of amides is 3. The van der Waals surface area contributed by atoms with Crippen LogP contribution in [-0.4, -0.2) is 58.2 Å². The highest BCUT2D eigenvalue weighted by atomic mass is 16.6. The molecule has 0 radical (unpaired) electrons. The molecular formula is C25H41N3O5. The first-order valence-corrected chi connectivity index (χ1v) is 11.7. The number of nitrogens with zero attached hydrogens (tertiary/aromatic N) is 1. The van der Waals surface area contributed by atoms with E-state index in [0.717, 1.165) is 12.8 Å². The summed E-state index contributed by atoms with van der Waals surface area (Å²) in [6.07, 6.45) is 1.50. The Labute approximate surface area is 198 Å². The molecule has 1 aromatic carbocycles. The molecule has 0 aliphatic rings. The van der Waals surface area contributed by atoms with E-state index < -0.39 is 36.3 Å². The van der Waals surface area contributed by atoms with Gasteiger partial charge in [0.2, 0.25) is 11.8 Å². The monoisotopic (exact) mass is 463 g/mol. The molecule has 0 heterocycles. The van der Waals surface area contributed by atoms with Crippen LogP contribution in [0.1, 0.15) is 79.3 Å². The van der Waals surface area contributed by atoms with Crippen LogP contribution in [0.3, 0.4) is 0 Å². The molecule has 186 valence electrons. The van der Waals surface area contributed by atoms with Crippen molar-refractivity contribution < 1.29 is 24.2 Å². The molecule has 0 saturated heterocycles. The summed E-state index contributed by atoms with van der Waals surface area (Å²) in [6, 6.07) is 6.51. The van der Waals surface area contributed by atoms with Gasteiger partial charge in [-0.25, -0.2) is 4.79 Å². The van der Waals surface area contributed by atoms with Crippen LogP contribution in [0.2, 0.25) is 0 Å². The van der Waals surface area contributed by atoms with E-state index in [1.165, 1.54) is 4.90 Å². The third-order valence-corrected chi connectivity index (χ3v) is 5.24. The molecule has 8 heteroatoms. The van der Waals surface area contributed by atoms with E-state index in [4.69, 9.17) is 4.74 Å². The SMILES string of the molecule is CCCC(C)NC(=O)C(c1ccccc1)N(C(=O)C(CO)NC(=O)OC(C)(C)C)C(C)CC. The maximum absolute atomic E-state index is 13.6. The minimum absolute atomic E-state index is 0.0591. The third-order valence-electron chi connectivity index (χ3n) is 5.24. The van der Waals surface area contributed by atoms with Crippen LogP contribution in [0.4, 0.5) is 4.79 Å². The second-order valence-corrected chi connectivity index (χ2v) is 9.40. The van der Waals surface area contributed by atoms with Crippen molar-refractivity contribution in [3.63, 3.8) is 0 Å². The number of hydrogen-bond acceptors (Lipinski definition) is 5. The molecule has 4 atom stereocenters. The number of hydrogen-bond donors (Lipinski definition) is 3. The maximum Gasteiger partial charge on any atom is 0.408 e. The minimum atomic E-state index is -1.25. The van der Waals surface area contributed by atoms with Gasteiger partial charge in [-0.05, 0) is 53.0 Å². The van der Waals surface area contributed by atoms with Gasteiger partial charge in [0.25, 0.3) is 0 Å². The molecule has 1 aromatic rings. The fourth-order valence-corrected chi connectivity index (χ4v) is 3.51. The molecule has 8 nitrogen and oxygen atoms in total. The summed E-state index contributed by atoms with van der Waals surface area (Å²) < 4.78 is 5.25. The quantitative estimate of drug-likeness (QED) is 0.465. The van der Waals surface area contributed by atoms with Crippen molar-refractivity contribution >= 4 is 17.9 Å². The highest BCUT2D eigenvalue weighted by molar-refractivity contribution is 5.92. The van der Waals surface area contributed by atoms with Gasteiger partial charge in [-0.1, -0.05) is 50.6 Å². The van der Waals surface area contributed by atoms with Gasteiger partial charge in [0.15, 0.2) is 0 Å². The Bertz CT molecular complexity index is 763. The molecule has 3 amide bonds. The molecular weight excluding hydrogens is 422 g/mol. The molecule has 0 aromatic heterocycles. The Balaban J connectivity index is 3.35. The smallest absolute Gasteiger partial charge is 0.408 e. The van der Waals surface area contributed by atoms with Crippen molar-refractivity contribution in [2.24, 2.45) is 0 Å². The second kappa shape index (κ2) is 13.2. The van der Waals surface area contributed by atoms with E-state index in [1.807, 2.05) is 45.9 Å². The zero-order valence-corrected chi connectivity index (χ0v) is 21.1. The van der Waals surface area contributed by atoms with Gasteiger partial charge in [0, 0.05) is 12.1 Å². The number of nitrogens with one attached hydrogen (secondary N) is 2. The zero-order valence-electron chi connectivity index (χ0n) is 21.1. The topological polar surface area (TPSA) is 108 Å². The van der Waals surface area contributed by atoms with E-state index in [0.29, 0.717) is 12.0 Å². The second-order valence-electron chi connectivity index (χ2n) is 9.40. The summed E-state index contributed by atoms with van der Waals surface area (Å²) in [5.41, 5.74) is -0.105. The number of aliphatic hydroxyl groups excluding tert-OH is 1. The van der Waals surface area contributed by atoms with E-state index >= 15 is 0 Å². The fraction of sp³-hybridized carbons (Fsp3) is 0.640. The number of aliphatic hydroxyl groups is 1. The largest absolute Gasteiger partial charge is 0.444 e. The van der Waals surface area contributed by atoms with Crippen LogP contribution in [0.25, 0.3) is 0 Å². The first-order chi connectivity index (χ1) is 15.4. The normalized spacial score (nSPS) is 15.0. The first-order valence-electron chi connectivity index (χ1n) is 11.7. The Kier molecular flexibility index (Phi) is 11.4. The van der Waals surface area contributed by atoms with Gasteiger partial charge < -0.3 is 25.4 Å². The first kappa shape index (κ1) is 28.4. The molecule has 0 saturated carbocycles. The molecule has 0 spiro atoms. The molecule has 3 N–H and O–H groups in total. The van der Waals surface area contributed by atoms with Gasteiger partial charge in [0.05, 0.1) is 6.61 Å². The van der Waals surface area contributed by atoms with Crippen LogP contribution in [0, 0.1) is 0 Å². The molecule has 0 aliphatic carbocycles. The highest BCUT2D eigenvalue weighted by Crippen LogP contribution is 2.26. The highest BCUT2D eigenvalue weighted by Gasteiger charge is 2.38. The summed E-state index contributed by atoms with van der Waals surface area (Å²) in [5.74, 6) is -0.852. The average molecular weight is 464 g/mol. The van der Waals surface area contributed by atoms with E-state index in [1.54, 1.807) is 32.9 Å². The van der Waals surface area contributed by atoms with Crippen LogP contribution in [0.5, 0.6) is 0 Å². The van der Waals surface area contributed by atoms with Crippen LogP contribution < -0.4 is 10.6 Å². The lowest BCUT2D eigenvalue weighted by Gasteiger charge is -2.38. The predicted molar refractivity (Wildman–Crippen MR) is 129 cm³/mol. The third kappa shape index (κ3) is 9.04. The maximum atomic E-state index is 13.6. The molecule has 4 unspecified atom stereocenters. The zero-order chi connectivity index (χ0) is 25.2. The van der Waals surface area contributed by atoms with Gasteiger partial charge in [-0.15, -0.1) is 0 Å². The molecule has 0 aliphatic heterocycles. The van der Waals surface area contributed by atoms with Crippen LogP contribution in [0.15, 0.2) is 30.3 Å². The summed E-state index contributed by atoms with van der Waals surface area (Å²) in [4.78, 5) is 40.8. The lowest BCUT2D eigenvalue weighted by atomic mass is 9.99. The summed E-state index contributed by atoms with van der Waals surface area (Å²) in [6.45, 7) is 12.2. The number of alkyl carbamates (subject to hydrolysis) is 1. The van der Waals surface area contributed by atoms with Crippen molar-refractivity contribution in [2.75, 3.05) is 6.61 Å². The van der Waals surface area contributed by atoms with Crippen molar-refractivity contribution in [2.45, 2.75) is 97.5 Å². The van der Waals surface area contributed by atoms with E-state index in [9.17, 15) is 19.5 Å². The Morgan fingerprint density at radius 1 is 1.06 bits per heavy atom. The van der Waals surface area contributed by atoms with E-state index in [-0.39, 0.29) is 18.0 Å². The lowest BCUT2D eigenvalue weighted by molar-refractivity contribution is -0.146. The molecule has 0 fully saturated rings. The number of rotatable bonds is 11. The van der Waals surface area contributed by atoms with Gasteiger partial charge >= 0.3 is 6.09 Å². The predicted octanol–water partition coefficient (Wildman–Crippen LogP) is 3.55. The molecule has 33 heavy (non-hydrogen) atoms. The summed E-state index contributed by atoms with van der Waals surface area (Å²) >= 11 is 0. The van der Waals surface area contributed by atoms with Crippen molar-refractivity contribution in [3.05, 3.63) is 35.9 Å². The lowest BCUT2D eigenvalue weighted by Crippen LogP contribution is -2.57. The standard InChI is InChI=1S/C25H41N3O5/c1-8-13-17(3)26-22(30)21(19-14-11-10-12-15-19)28(18(4)9-2)23(31)20(16-29)27-24(32)33-25(5,6)7/h10-12,14-15,17-18,20-21,29H,8-9,13,16H2,1-7H3,(H,26,30)(H,27,32). The minimum Gasteiger partial charge on any atom is -0.444 e. The van der Waals surface area contributed by atoms with Crippen LogP contribution in [-0.2, 0) is 14.3 Å². The number of carbonyl (C=O) groups excluding carboxylic acids is 3. The number of ether oxygens (including phenoxy) is 1. The number of benzene rings is 1. The van der Waals surface area contributed by atoms with Crippen molar-refractivity contribution in [1.29, 1.82) is 0 Å². The Hall–Kier alpha value is -2.61. The number of carbonyl (C=O) groups is 3. The van der Waals surface area contributed by atoms with Crippen LogP contribution >= 0.6 is 0 Å².